The Morgan fingerprint density at radius 2 is 1.95 bits per heavy atom. The third kappa shape index (κ3) is 2.96. The Kier molecular flexibility index (Phi) is 4.55. The van der Waals surface area contributed by atoms with E-state index in [1.807, 2.05) is 6.07 Å². The van der Waals surface area contributed by atoms with Crippen molar-refractivity contribution >= 4 is 23.2 Å². The fourth-order valence-corrected chi connectivity index (χ4v) is 2.02. The molecule has 19 heavy (non-hydrogen) atoms. The Balaban J connectivity index is 2.46. The van der Waals surface area contributed by atoms with Gasteiger partial charge < -0.3 is 4.74 Å². The van der Waals surface area contributed by atoms with E-state index in [0.29, 0.717) is 21.6 Å². The van der Waals surface area contributed by atoms with Crippen molar-refractivity contribution in [2.75, 3.05) is 7.11 Å². The zero-order chi connectivity index (χ0) is 13.8. The normalized spacial score (nSPS) is 12.2. The van der Waals surface area contributed by atoms with Crippen LogP contribution in [0.3, 0.4) is 0 Å². The third-order valence-electron chi connectivity index (χ3n) is 2.60. The van der Waals surface area contributed by atoms with Crippen molar-refractivity contribution in [2.45, 2.75) is 6.04 Å². The minimum Gasteiger partial charge on any atom is -0.480 e. The predicted octanol–water partition coefficient (Wildman–Crippen LogP) is 2.34. The highest BCUT2D eigenvalue weighted by Gasteiger charge is 2.20. The average Bonchev–Trinajstić information content (AvgIpc) is 2.44. The van der Waals surface area contributed by atoms with Crippen LogP contribution in [0.2, 0.25) is 10.0 Å². The summed E-state index contributed by atoms with van der Waals surface area (Å²) in [6.45, 7) is 0. The first-order chi connectivity index (χ1) is 9.17. The molecular weight excluding hydrogens is 287 g/mol. The number of hydrogen-bond acceptors (Lipinski definition) is 5. The Morgan fingerprint density at radius 1 is 1.21 bits per heavy atom. The number of aromatic nitrogens is 2. The molecule has 3 N–H and O–H groups in total. The summed E-state index contributed by atoms with van der Waals surface area (Å²) in [5.41, 5.74) is 4.06. The highest BCUT2D eigenvalue weighted by molar-refractivity contribution is 6.42. The van der Waals surface area contributed by atoms with Crippen molar-refractivity contribution in [1.82, 2.24) is 15.4 Å². The van der Waals surface area contributed by atoms with E-state index in [1.165, 1.54) is 7.11 Å². The van der Waals surface area contributed by atoms with E-state index in [4.69, 9.17) is 33.8 Å². The Bertz CT molecular complexity index is 579. The monoisotopic (exact) mass is 298 g/mol. The zero-order valence-corrected chi connectivity index (χ0v) is 11.6. The lowest BCUT2D eigenvalue weighted by Crippen LogP contribution is -2.30. The van der Waals surface area contributed by atoms with Gasteiger partial charge >= 0.3 is 0 Å². The van der Waals surface area contributed by atoms with E-state index < -0.39 is 6.04 Å². The van der Waals surface area contributed by atoms with Crippen LogP contribution in [0.5, 0.6) is 5.88 Å². The fraction of sp³-hybridized carbons (Fsp3) is 0.167. The Morgan fingerprint density at radius 3 is 2.58 bits per heavy atom. The van der Waals surface area contributed by atoms with E-state index in [9.17, 15) is 0 Å². The maximum absolute atomic E-state index is 6.01. The van der Waals surface area contributed by atoms with Gasteiger partial charge in [0.05, 0.1) is 23.2 Å². The molecule has 1 atom stereocenters. The van der Waals surface area contributed by atoms with E-state index in [0.717, 1.165) is 5.56 Å². The van der Waals surface area contributed by atoms with Crippen LogP contribution in [0.1, 0.15) is 17.3 Å². The van der Waals surface area contributed by atoms with Crippen molar-refractivity contribution in [3.63, 3.8) is 0 Å². The number of benzene rings is 1. The smallest absolute Gasteiger partial charge is 0.237 e. The number of hydrazine groups is 1. The zero-order valence-electron chi connectivity index (χ0n) is 10.1. The van der Waals surface area contributed by atoms with Crippen LogP contribution < -0.4 is 16.0 Å². The highest BCUT2D eigenvalue weighted by Crippen LogP contribution is 2.30. The number of nitrogens with zero attached hydrogens (tertiary/aromatic N) is 2. The van der Waals surface area contributed by atoms with Gasteiger partial charge in [0.25, 0.3) is 0 Å². The SMILES string of the molecule is COc1nccnc1C(NN)c1ccc(Cl)c(Cl)c1. The quantitative estimate of drug-likeness (QED) is 0.669. The molecule has 1 heterocycles. The van der Waals surface area contributed by atoms with Gasteiger partial charge in [-0.15, -0.1) is 0 Å². The molecule has 0 aliphatic carbocycles. The van der Waals surface area contributed by atoms with Crippen LogP contribution in [0, 0.1) is 0 Å². The highest BCUT2D eigenvalue weighted by atomic mass is 35.5. The van der Waals surface area contributed by atoms with Crippen molar-refractivity contribution in [1.29, 1.82) is 0 Å². The van der Waals surface area contributed by atoms with E-state index in [1.54, 1.807) is 24.5 Å². The van der Waals surface area contributed by atoms with Gasteiger partial charge in [0, 0.05) is 12.4 Å². The topological polar surface area (TPSA) is 73.1 Å². The van der Waals surface area contributed by atoms with Gasteiger partial charge in [0.1, 0.15) is 5.69 Å². The maximum atomic E-state index is 6.01. The van der Waals surface area contributed by atoms with Crippen LogP contribution in [-0.4, -0.2) is 17.1 Å². The lowest BCUT2D eigenvalue weighted by Gasteiger charge is -2.17. The molecule has 0 saturated carbocycles. The fourth-order valence-electron chi connectivity index (χ4n) is 1.72. The van der Waals surface area contributed by atoms with E-state index in [2.05, 4.69) is 15.4 Å². The van der Waals surface area contributed by atoms with E-state index >= 15 is 0 Å². The summed E-state index contributed by atoms with van der Waals surface area (Å²) in [5.74, 6) is 6.00. The summed E-state index contributed by atoms with van der Waals surface area (Å²) in [5, 5.41) is 0.926. The average molecular weight is 299 g/mol. The molecule has 1 aromatic carbocycles. The van der Waals surface area contributed by atoms with Gasteiger partial charge in [-0.2, -0.15) is 0 Å². The van der Waals surface area contributed by atoms with Crippen LogP contribution >= 0.6 is 23.2 Å². The first kappa shape index (κ1) is 14.0. The van der Waals surface area contributed by atoms with Crippen LogP contribution in [0.15, 0.2) is 30.6 Å². The number of halogens is 2. The van der Waals surface area contributed by atoms with E-state index in [-0.39, 0.29) is 0 Å². The number of ether oxygens (including phenoxy) is 1. The number of rotatable bonds is 4. The first-order valence-corrected chi connectivity index (χ1v) is 6.19. The van der Waals surface area contributed by atoms with Gasteiger partial charge in [0.2, 0.25) is 5.88 Å². The summed E-state index contributed by atoms with van der Waals surface area (Å²) in [6, 6.07) is 4.85. The molecule has 1 aromatic heterocycles. The second-order valence-electron chi connectivity index (χ2n) is 3.72. The molecule has 0 fully saturated rings. The Hall–Kier alpha value is -1.40. The predicted molar refractivity (Wildman–Crippen MR) is 74.2 cm³/mol. The lowest BCUT2D eigenvalue weighted by atomic mass is 10.0. The molecular formula is C12H12Cl2N4O. The van der Waals surface area contributed by atoms with Crippen molar-refractivity contribution < 1.29 is 4.74 Å². The second-order valence-corrected chi connectivity index (χ2v) is 4.54. The maximum Gasteiger partial charge on any atom is 0.237 e. The molecule has 2 aromatic rings. The lowest BCUT2D eigenvalue weighted by molar-refractivity contribution is 0.383. The van der Waals surface area contributed by atoms with Crippen LogP contribution in [0.4, 0.5) is 0 Å². The van der Waals surface area contributed by atoms with Crippen molar-refractivity contribution in [3.8, 4) is 5.88 Å². The molecule has 0 saturated heterocycles. The van der Waals surface area contributed by atoms with Crippen molar-refractivity contribution in [3.05, 3.63) is 51.9 Å². The minimum atomic E-state index is -0.390. The molecule has 5 nitrogen and oxygen atoms in total. The van der Waals surface area contributed by atoms with Gasteiger partial charge in [-0.05, 0) is 17.7 Å². The van der Waals surface area contributed by atoms with Crippen LogP contribution in [-0.2, 0) is 0 Å². The standard InChI is InChI=1S/C12H12Cl2N4O/c1-19-12-11(16-4-5-17-12)10(18-15)7-2-3-8(13)9(14)6-7/h2-6,10,18H,15H2,1H3. The summed E-state index contributed by atoms with van der Waals surface area (Å²) in [6.07, 6.45) is 3.12. The molecule has 0 bridgehead atoms. The Labute approximate surface area is 120 Å². The largest absolute Gasteiger partial charge is 0.480 e. The molecule has 7 heteroatoms. The molecule has 0 aliphatic heterocycles. The second kappa shape index (κ2) is 6.16. The number of hydrogen-bond donors (Lipinski definition) is 2. The number of nitrogens with one attached hydrogen (secondary N) is 1. The number of methoxy groups -OCH3 is 1. The summed E-state index contributed by atoms with van der Waals surface area (Å²) in [7, 11) is 1.52. The van der Waals surface area contributed by atoms with Gasteiger partial charge in [0.15, 0.2) is 0 Å². The third-order valence-corrected chi connectivity index (χ3v) is 3.34. The molecule has 100 valence electrons. The first-order valence-electron chi connectivity index (χ1n) is 5.43. The molecule has 0 amide bonds. The molecule has 0 spiro atoms. The molecule has 0 aliphatic rings. The summed E-state index contributed by atoms with van der Waals surface area (Å²) in [4.78, 5) is 8.34. The summed E-state index contributed by atoms with van der Waals surface area (Å²) < 4.78 is 5.18. The number of nitrogens with two attached hydrogens (primary N) is 1. The van der Waals surface area contributed by atoms with Crippen molar-refractivity contribution in [2.24, 2.45) is 5.84 Å². The molecule has 1 unspecified atom stereocenters. The van der Waals surface area contributed by atoms with Gasteiger partial charge in [-0.25, -0.2) is 10.4 Å². The van der Waals surface area contributed by atoms with Gasteiger partial charge in [-0.1, -0.05) is 29.3 Å². The van der Waals surface area contributed by atoms with Gasteiger partial charge in [-0.3, -0.25) is 10.8 Å². The molecule has 2 rings (SSSR count). The molecule has 0 radical (unpaired) electrons. The minimum absolute atomic E-state index is 0.390. The van der Waals surface area contributed by atoms with Crippen LogP contribution in [0.25, 0.3) is 0 Å². The summed E-state index contributed by atoms with van der Waals surface area (Å²) >= 11 is 11.9.